The minimum Gasteiger partial charge on any atom is -0.497 e. The van der Waals surface area contributed by atoms with Crippen LogP contribution in [0.5, 0.6) is 5.75 Å². The van der Waals surface area contributed by atoms with Crippen LogP contribution in [-0.4, -0.2) is 57.9 Å². The molecule has 3 aromatic rings. The molecular weight excluding hydrogens is 447 g/mol. The number of rotatable bonds is 8. The van der Waals surface area contributed by atoms with Crippen LogP contribution < -0.4 is 4.74 Å². The largest absolute Gasteiger partial charge is 0.497 e. The van der Waals surface area contributed by atoms with E-state index in [2.05, 4.69) is 31.9 Å². The number of aromatic nitrogens is 3. The molecule has 35 heavy (non-hydrogen) atoms. The van der Waals surface area contributed by atoms with Crippen LogP contribution in [0.1, 0.15) is 43.1 Å². The zero-order chi connectivity index (χ0) is 24.6. The number of carboxylic acids is 1. The lowest BCUT2D eigenvalue weighted by Crippen LogP contribution is -2.41. The predicted octanol–water partition coefficient (Wildman–Crippen LogP) is 4.29. The van der Waals surface area contributed by atoms with E-state index >= 15 is 4.39 Å². The molecule has 1 unspecified atom stereocenters. The number of nitrogens with zero attached hydrogens (tertiary/aromatic N) is 4. The van der Waals surface area contributed by atoms with Gasteiger partial charge in [0.05, 0.1) is 19.2 Å². The number of ether oxygens (including phenoxy) is 1. The van der Waals surface area contributed by atoms with Crippen molar-refractivity contribution in [3.8, 4) is 17.6 Å². The van der Waals surface area contributed by atoms with Crippen molar-refractivity contribution < 1.29 is 19.0 Å². The highest BCUT2D eigenvalue weighted by Crippen LogP contribution is 2.36. The molecule has 1 fully saturated rings. The monoisotopic (exact) mass is 476 g/mol. The number of pyridine rings is 1. The van der Waals surface area contributed by atoms with Crippen LogP contribution in [0.3, 0.4) is 0 Å². The number of fused-ring (bicyclic) bond motifs is 1. The Kier molecular flexibility index (Phi) is 8.22. The van der Waals surface area contributed by atoms with Crippen molar-refractivity contribution in [3.63, 3.8) is 0 Å². The van der Waals surface area contributed by atoms with Gasteiger partial charge in [-0.3, -0.25) is 14.7 Å². The number of piperidine rings is 1. The van der Waals surface area contributed by atoms with Crippen LogP contribution in [0.25, 0.3) is 10.9 Å². The van der Waals surface area contributed by atoms with Crippen LogP contribution in [0.4, 0.5) is 4.39 Å². The molecule has 1 aromatic carbocycles. The maximum absolute atomic E-state index is 15.4. The number of alkyl halides is 1. The smallest absolute Gasteiger partial charge is 0.303 e. The van der Waals surface area contributed by atoms with E-state index in [9.17, 15) is 9.90 Å². The number of hydrogen-bond acceptors (Lipinski definition) is 6. The summed E-state index contributed by atoms with van der Waals surface area (Å²) in [5, 5.41) is 18.0. The van der Waals surface area contributed by atoms with Crippen LogP contribution in [0.2, 0.25) is 0 Å². The highest BCUT2D eigenvalue weighted by atomic mass is 19.1. The summed E-state index contributed by atoms with van der Waals surface area (Å²) in [6.45, 7) is 1.98. The molecule has 0 radical (unpaired) electrons. The van der Waals surface area contributed by atoms with Gasteiger partial charge in [-0.2, -0.15) is 5.10 Å². The average Bonchev–Trinajstić information content (AvgIpc) is 2.87. The maximum atomic E-state index is 15.4. The van der Waals surface area contributed by atoms with Crippen LogP contribution in [0.15, 0.2) is 48.8 Å². The second-order valence-corrected chi connectivity index (χ2v) is 8.88. The molecule has 0 aliphatic carbocycles. The molecule has 0 amide bonds. The van der Waals surface area contributed by atoms with Crippen molar-refractivity contribution in [1.29, 1.82) is 0 Å². The summed E-state index contributed by atoms with van der Waals surface area (Å²) in [6, 6.07) is 10.8. The summed E-state index contributed by atoms with van der Waals surface area (Å²) in [4.78, 5) is 18.0. The molecule has 1 saturated heterocycles. The van der Waals surface area contributed by atoms with Gasteiger partial charge in [0, 0.05) is 30.7 Å². The fourth-order valence-corrected chi connectivity index (χ4v) is 4.81. The molecule has 4 rings (SSSR count). The van der Waals surface area contributed by atoms with Gasteiger partial charge in [-0.05, 0) is 85.5 Å². The third kappa shape index (κ3) is 6.52. The van der Waals surface area contributed by atoms with Crippen molar-refractivity contribution >= 4 is 16.9 Å². The lowest BCUT2D eigenvalue weighted by atomic mass is 9.79. The Morgan fingerprint density at radius 1 is 1.29 bits per heavy atom. The second-order valence-electron chi connectivity index (χ2n) is 8.88. The predicted molar refractivity (Wildman–Crippen MR) is 131 cm³/mol. The van der Waals surface area contributed by atoms with E-state index in [1.54, 1.807) is 37.7 Å². The molecule has 3 atom stereocenters. The summed E-state index contributed by atoms with van der Waals surface area (Å²) in [5.74, 6) is 6.05. The van der Waals surface area contributed by atoms with Gasteiger partial charge in [0.15, 0.2) is 0 Å². The molecule has 0 saturated carbocycles. The van der Waals surface area contributed by atoms with Crippen molar-refractivity contribution in [1.82, 2.24) is 20.1 Å². The van der Waals surface area contributed by atoms with E-state index < -0.39 is 12.1 Å². The number of halogens is 1. The Bertz CT molecular complexity index is 1210. The quantitative estimate of drug-likeness (QED) is 0.485. The fraction of sp³-hybridized carbons (Fsp3) is 0.407. The number of carbonyl (C=O) groups is 1. The first kappa shape index (κ1) is 24.6. The first-order chi connectivity index (χ1) is 17.0. The van der Waals surface area contributed by atoms with Gasteiger partial charge in [-0.1, -0.05) is 5.92 Å². The number of aliphatic carboxylic acids is 1. The molecule has 2 aromatic heterocycles. The van der Waals surface area contributed by atoms with Crippen LogP contribution in [0, 0.1) is 23.7 Å². The van der Waals surface area contributed by atoms with Gasteiger partial charge in [-0.15, -0.1) is 5.10 Å². The Balaban J connectivity index is 1.39. The van der Waals surface area contributed by atoms with E-state index in [0.29, 0.717) is 42.9 Å². The third-order valence-corrected chi connectivity index (χ3v) is 6.61. The molecule has 1 aliphatic rings. The van der Waals surface area contributed by atoms with E-state index in [0.717, 1.165) is 23.9 Å². The Hall–Kier alpha value is -3.57. The van der Waals surface area contributed by atoms with E-state index in [-0.39, 0.29) is 18.3 Å². The number of hydrogen-bond donors (Lipinski definition) is 1. The molecule has 1 aliphatic heterocycles. The fourth-order valence-electron chi connectivity index (χ4n) is 4.81. The standard InChI is InChI=1S/C27H29FN4O3/c1-35-22-7-9-26-24(17-22)23(10-13-29-26)25(28)8-6-19-11-15-32(18-20(19)16-27(33)34)14-3-5-21-4-2-12-30-31-21/h2,4,7,9-10,12-13,17,19-20,25H,6,8,11,14-16,18H2,1H3,(H,33,34)/t19-,20+,25?/m1/s1. The molecule has 7 nitrogen and oxygen atoms in total. The maximum Gasteiger partial charge on any atom is 0.303 e. The highest BCUT2D eigenvalue weighted by molar-refractivity contribution is 5.83. The van der Waals surface area contributed by atoms with Crippen molar-refractivity contribution in [2.24, 2.45) is 11.8 Å². The minimum atomic E-state index is -1.16. The summed E-state index contributed by atoms with van der Waals surface area (Å²) >= 11 is 0. The van der Waals surface area contributed by atoms with E-state index in [1.165, 1.54) is 0 Å². The van der Waals surface area contributed by atoms with Crippen molar-refractivity contribution in [3.05, 3.63) is 60.0 Å². The molecule has 1 N–H and O–H groups in total. The normalized spacial score (nSPS) is 19.0. The Morgan fingerprint density at radius 3 is 2.94 bits per heavy atom. The zero-order valence-corrected chi connectivity index (χ0v) is 19.7. The van der Waals surface area contributed by atoms with Gasteiger partial charge in [0.2, 0.25) is 0 Å². The van der Waals surface area contributed by atoms with Gasteiger partial charge in [0.25, 0.3) is 0 Å². The highest BCUT2D eigenvalue weighted by Gasteiger charge is 2.31. The van der Waals surface area contributed by atoms with Crippen LogP contribution >= 0.6 is 0 Å². The number of benzene rings is 1. The lowest BCUT2D eigenvalue weighted by molar-refractivity contribution is -0.139. The van der Waals surface area contributed by atoms with Gasteiger partial charge >= 0.3 is 5.97 Å². The zero-order valence-electron chi connectivity index (χ0n) is 19.7. The number of carboxylic acid groups (broad SMARTS) is 1. The van der Waals surface area contributed by atoms with Gasteiger partial charge in [0.1, 0.15) is 17.6 Å². The molecule has 8 heteroatoms. The first-order valence-electron chi connectivity index (χ1n) is 11.8. The van der Waals surface area contributed by atoms with Gasteiger partial charge < -0.3 is 9.84 Å². The van der Waals surface area contributed by atoms with Crippen molar-refractivity contribution in [2.45, 2.75) is 31.9 Å². The second kappa shape index (κ2) is 11.7. The Labute approximate surface area is 204 Å². The molecule has 182 valence electrons. The lowest BCUT2D eigenvalue weighted by Gasteiger charge is -2.37. The summed E-state index contributed by atoms with van der Waals surface area (Å²) < 4.78 is 20.7. The van der Waals surface area contributed by atoms with Crippen LogP contribution in [-0.2, 0) is 4.79 Å². The minimum absolute atomic E-state index is 0.0407. The Morgan fingerprint density at radius 2 is 2.17 bits per heavy atom. The number of likely N-dealkylation sites (tertiary alicyclic amines) is 1. The van der Waals surface area contributed by atoms with Gasteiger partial charge in [-0.25, -0.2) is 4.39 Å². The molecule has 3 heterocycles. The third-order valence-electron chi connectivity index (χ3n) is 6.61. The number of methoxy groups -OCH3 is 1. The summed E-state index contributed by atoms with van der Waals surface area (Å²) in [6.07, 6.45) is 3.93. The molecule has 0 spiro atoms. The van der Waals surface area contributed by atoms with E-state index in [4.69, 9.17) is 4.74 Å². The first-order valence-corrected chi connectivity index (χ1v) is 11.8. The van der Waals surface area contributed by atoms with Crippen molar-refractivity contribution in [2.75, 3.05) is 26.7 Å². The van der Waals surface area contributed by atoms with E-state index in [1.807, 2.05) is 18.2 Å². The summed E-state index contributed by atoms with van der Waals surface area (Å²) in [5.41, 5.74) is 1.94. The average molecular weight is 477 g/mol. The molecular formula is C27H29FN4O3. The topological polar surface area (TPSA) is 88.4 Å². The molecule has 0 bridgehead atoms. The SMILES string of the molecule is COc1ccc2nccc(C(F)CC[C@@H]3CCN(CC#Cc4cccnn4)C[C@@H]3CC(=O)O)c2c1. The summed E-state index contributed by atoms with van der Waals surface area (Å²) in [7, 11) is 1.58.